The van der Waals surface area contributed by atoms with Crippen LogP contribution in [-0.4, -0.2) is 28.2 Å². The molecule has 1 aromatic rings. The molecule has 1 fully saturated rings. The summed E-state index contributed by atoms with van der Waals surface area (Å²) >= 11 is 0. The Morgan fingerprint density at radius 2 is 2.00 bits per heavy atom. The summed E-state index contributed by atoms with van der Waals surface area (Å²) in [5.74, 6) is 0. The van der Waals surface area contributed by atoms with E-state index in [4.69, 9.17) is 0 Å². The fourth-order valence-electron chi connectivity index (χ4n) is 2.47. The van der Waals surface area contributed by atoms with Crippen LogP contribution in [-0.2, 0) is 0 Å². The first-order valence-corrected chi connectivity index (χ1v) is 6.96. The van der Waals surface area contributed by atoms with Gasteiger partial charge >= 0.3 is 6.03 Å². The van der Waals surface area contributed by atoms with Gasteiger partial charge in [-0.2, -0.15) is 0 Å². The molecule has 0 bridgehead atoms. The zero-order valence-corrected chi connectivity index (χ0v) is 11.8. The predicted molar refractivity (Wildman–Crippen MR) is 78.3 cm³/mol. The van der Waals surface area contributed by atoms with Crippen molar-refractivity contribution < 1.29 is 14.8 Å². The highest BCUT2D eigenvalue weighted by Crippen LogP contribution is 2.22. The number of hydrogen-bond donors (Lipinski definition) is 3. The largest absolute Gasteiger partial charge is 0.393 e. The number of amides is 2. The standard InChI is InChI=1S/C14H19N3O4/c1-9-8-11(17(20)21)4-7-13(9)16-14(19)15-10-2-5-12(18)6-3-10/h4,7-8,10,12,18H,2-3,5-6H2,1H3,(H2,15,16,19). The van der Waals surface area contributed by atoms with Crippen molar-refractivity contribution in [1.29, 1.82) is 0 Å². The lowest BCUT2D eigenvalue weighted by atomic mass is 9.93. The van der Waals surface area contributed by atoms with Gasteiger partial charge in [0.1, 0.15) is 0 Å². The molecule has 1 aliphatic rings. The number of nitrogens with zero attached hydrogens (tertiary/aromatic N) is 1. The van der Waals surface area contributed by atoms with Crippen LogP contribution in [0.15, 0.2) is 18.2 Å². The second kappa shape index (κ2) is 6.53. The number of carbonyl (C=O) groups excluding carboxylic acids is 1. The number of rotatable bonds is 3. The number of nitrogens with one attached hydrogen (secondary N) is 2. The minimum atomic E-state index is -0.468. The second-order valence-corrected chi connectivity index (χ2v) is 5.36. The Kier molecular flexibility index (Phi) is 4.74. The first-order valence-electron chi connectivity index (χ1n) is 6.96. The number of anilines is 1. The number of hydrogen-bond acceptors (Lipinski definition) is 4. The van der Waals surface area contributed by atoms with Gasteiger partial charge in [-0.25, -0.2) is 4.79 Å². The van der Waals surface area contributed by atoms with Crippen molar-refractivity contribution in [3.8, 4) is 0 Å². The molecule has 3 N–H and O–H groups in total. The monoisotopic (exact) mass is 293 g/mol. The number of aliphatic hydroxyl groups excluding tert-OH is 1. The smallest absolute Gasteiger partial charge is 0.319 e. The van der Waals surface area contributed by atoms with E-state index >= 15 is 0 Å². The van der Waals surface area contributed by atoms with Gasteiger partial charge < -0.3 is 15.7 Å². The Morgan fingerprint density at radius 1 is 1.33 bits per heavy atom. The van der Waals surface area contributed by atoms with Crippen LogP contribution in [0, 0.1) is 17.0 Å². The first kappa shape index (κ1) is 15.2. The van der Waals surface area contributed by atoms with E-state index in [0.717, 1.165) is 12.8 Å². The summed E-state index contributed by atoms with van der Waals surface area (Å²) in [5.41, 5.74) is 1.19. The Bertz CT molecular complexity index is 539. The number of aliphatic hydroxyl groups is 1. The van der Waals surface area contributed by atoms with Gasteiger partial charge in [-0.15, -0.1) is 0 Å². The van der Waals surface area contributed by atoms with Crippen LogP contribution >= 0.6 is 0 Å². The van der Waals surface area contributed by atoms with Crippen molar-refractivity contribution in [1.82, 2.24) is 5.32 Å². The van der Waals surface area contributed by atoms with Gasteiger partial charge in [-0.3, -0.25) is 10.1 Å². The van der Waals surface area contributed by atoms with E-state index in [1.165, 1.54) is 18.2 Å². The number of aryl methyl sites for hydroxylation is 1. The molecule has 0 heterocycles. The quantitative estimate of drug-likeness (QED) is 0.587. The summed E-state index contributed by atoms with van der Waals surface area (Å²) in [5, 5.41) is 25.6. The minimum Gasteiger partial charge on any atom is -0.393 e. The van der Waals surface area contributed by atoms with Crippen molar-refractivity contribution in [2.45, 2.75) is 44.8 Å². The third kappa shape index (κ3) is 4.16. The molecule has 7 nitrogen and oxygen atoms in total. The molecular formula is C14H19N3O4. The van der Waals surface area contributed by atoms with E-state index in [1.807, 2.05) is 0 Å². The normalized spacial score (nSPS) is 21.6. The summed E-state index contributed by atoms with van der Waals surface area (Å²) < 4.78 is 0. The molecule has 2 amide bonds. The molecule has 1 aromatic carbocycles. The van der Waals surface area contributed by atoms with E-state index in [9.17, 15) is 20.0 Å². The molecule has 1 aliphatic carbocycles. The summed E-state index contributed by atoms with van der Waals surface area (Å²) in [4.78, 5) is 22.1. The van der Waals surface area contributed by atoms with E-state index in [1.54, 1.807) is 6.92 Å². The molecule has 0 radical (unpaired) electrons. The van der Waals surface area contributed by atoms with Crippen molar-refractivity contribution in [2.24, 2.45) is 0 Å². The van der Waals surface area contributed by atoms with E-state index in [2.05, 4.69) is 10.6 Å². The molecule has 0 spiro atoms. The fraction of sp³-hybridized carbons (Fsp3) is 0.500. The van der Waals surface area contributed by atoms with Gasteiger partial charge in [0.15, 0.2) is 0 Å². The first-order chi connectivity index (χ1) is 9.95. The molecule has 0 saturated heterocycles. The molecule has 7 heteroatoms. The number of nitro groups is 1. The summed E-state index contributed by atoms with van der Waals surface area (Å²) in [6, 6.07) is 4.05. The Hall–Kier alpha value is -2.15. The van der Waals surface area contributed by atoms with Crippen LogP contribution in [0.1, 0.15) is 31.2 Å². The lowest BCUT2D eigenvalue weighted by molar-refractivity contribution is -0.384. The van der Waals surface area contributed by atoms with Crippen molar-refractivity contribution >= 4 is 17.4 Å². The van der Waals surface area contributed by atoms with Gasteiger partial charge in [0.25, 0.3) is 5.69 Å². The highest BCUT2D eigenvalue weighted by molar-refractivity contribution is 5.90. The van der Waals surface area contributed by atoms with Crippen LogP contribution in [0.3, 0.4) is 0 Å². The average molecular weight is 293 g/mol. The van der Waals surface area contributed by atoms with Crippen LogP contribution in [0.5, 0.6) is 0 Å². The molecule has 1 saturated carbocycles. The van der Waals surface area contributed by atoms with Gasteiger partial charge in [-0.1, -0.05) is 0 Å². The molecule has 21 heavy (non-hydrogen) atoms. The lowest BCUT2D eigenvalue weighted by Gasteiger charge is -2.26. The van der Waals surface area contributed by atoms with Gasteiger partial charge in [0.2, 0.25) is 0 Å². The highest BCUT2D eigenvalue weighted by atomic mass is 16.6. The Labute approximate surface area is 122 Å². The minimum absolute atomic E-state index is 0.000253. The molecule has 2 rings (SSSR count). The van der Waals surface area contributed by atoms with Gasteiger partial charge in [0.05, 0.1) is 11.0 Å². The average Bonchev–Trinajstić information content (AvgIpc) is 2.43. The van der Waals surface area contributed by atoms with Crippen molar-refractivity contribution in [2.75, 3.05) is 5.32 Å². The molecular weight excluding hydrogens is 274 g/mol. The summed E-state index contributed by atoms with van der Waals surface area (Å²) in [6.45, 7) is 1.71. The number of non-ortho nitro benzene ring substituents is 1. The maximum atomic E-state index is 11.9. The summed E-state index contributed by atoms with van der Waals surface area (Å²) in [6.07, 6.45) is 2.65. The fourth-order valence-corrected chi connectivity index (χ4v) is 2.47. The maximum Gasteiger partial charge on any atom is 0.319 e. The van der Waals surface area contributed by atoms with Crippen LogP contribution in [0.2, 0.25) is 0 Å². The second-order valence-electron chi connectivity index (χ2n) is 5.36. The number of nitro benzene ring substituents is 1. The SMILES string of the molecule is Cc1cc([N+](=O)[O-])ccc1NC(=O)NC1CCC(O)CC1. The van der Waals surface area contributed by atoms with E-state index in [-0.39, 0.29) is 23.9 Å². The Morgan fingerprint density at radius 3 is 2.57 bits per heavy atom. The van der Waals surface area contributed by atoms with Gasteiger partial charge in [0, 0.05) is 23.9 Å². The zero-order chi connectivity index (χ0) is 15.4. The number of carbonyl (C=O) groups is 1. The number of benzene rings is 1. The summed E-state index contributed by atoms with van der Waals surface area (Å²) in [7, 11) is 0. The molecule has 0 atom stereocenters. The zero-order valence-electron chi connectivity index (χ0n) is 11.8. The molecule has 0 unspecified atom stereocenters. The molecule has 114 valence electrons. The maximum absolute atomic E-state index is 11.9. The van der Waals surface area contributed by atoms with Crippen molar-refractivity contribution in [3.63, 3.8) is 0 Å². The topological polar surface area (TPSA) is 105 Å². The van der Waals surface area contributed by atoms with Gasteiger partial charge in [-0.05, 0) is 44.2 Å². The van der Waals surface area contributed by atoms with Crippen LogP contribution < -0.4 is 10.6 Å². The lowest BCUT2D eigenvalue weighted by Crippen LogP contribution is -2.41. The van der Waals surface area contributed by atoms with Crippen LogP contribution in [0.25, 0.3) is 0 Å². The molecule has 0 aliphatic heterocycles. The molecule has 0 aromatic heterocycles. The van der Waals surface area contributed by atoms with E-state index in [0.29, 0.717) is 24.1 Å². The predicted octanol–water partition coefficient (Wildman–Crippen LogP) is 2.33. The van der Waals surface area contributed by atoms with Crippen molar-refractivity contribution in [3.05, 3.63) is 33.9 Å². The number of urea groups is 1. The highest BCUT2D eigenvalue weighted by Gasteiger charge is 2.21. The van der Waals surface area contributed by atoms with Crippen LogP contribution in [0.4, 0.5) is 16.2 Å². The van der Waals surface area contributed by atoms with E-state index < -0.39 is 4.92 Å². The Balaban J connectivity index is 1.92. The third-order valence-corrected chi connectivity index (χ3v) is 3.70. The third-order valence-electron chi connectivity index (χ3n) is 3.70.